The van der Waals surface area contributed by atoms with E-state index in [-0.39, 0.29) is 24.5 Å². The van der Waals surface area contributed by atoms with E-state index in [9.17, 15) is 14.4 Å². The van der Waals surface area contributed by atoms with Crippen LogP contribution in [0.1, 0.15) is 22.8 Å². The van der Waals surface area contributed by atoms with Crippen LogP contribution in [0.15, 0.2) is 47.4 Å². The molecule has 1 atom stereocenters. The van der Waals surface area contributed by atoms with E-state index in [1.54, 1.807) is 23.1 Å². The first-order chi connectivity index (χ1) is 13.0. The number of hydrogen-bond acceptors (Lipinski definition) is 5. The zero-order valence-corrected chi connectivity index (χ0v) is 15.5. The Bertz CT molecular complexity index is 943. The first kappa shape index (κ1) is 17.6. The molecule has 2 aromatic rings. The summed E-state index contributed by atoms with van der Waals surface area (Å²) in [6.45, 7) is 1.65. The minimum Gasteiger partial charge on any atom is -0.452 e. The van der Waals surface area contributed by atoms with Gasteiger partial charge in [-0.3, -0.25) is 9.59 Å². The molecule has 27 heavy (non-hydrogen) atoms. The van der Waals surface area contributed by atoms with Gasteiger partial charge in [0, 0.05) is 16.6 Å². The molecule has 0 aliphatic carbocycles. The molecular formula is C20H18N2O4S. The van der Waals surface area contributed by atoms with Crippen molar-refractivity contribution < 1.29 is 19.1 Å². The molecule has 7 heteroatoms. The highest BCUT2D eigenvalue weighted by Gasteiger charge is 2.31. The predicted molar refractivity (Wildman–Crippen MR) is 103 cm³/mol. The summed E-state index contributed by atoms with van der Waals surface area (Å²) in [5, 5.41) is 2.74. The van der Waals surface area contributed by atoms with Gasteiger partial charge in [0.05, 0.1) is 17.0 Å². The fraction of sp³-hybridized carbons (Fsp3) is 0.250. The second-order valence-electron chi connectivity index (χ2n) is 6.57. The molecule has 4 rings (SSSR count). The van der Waals surface area contributed by atoms with Gasteiger partial charge >= 0.3 is 5.97 Å². The van der Waals surface area contributed by atoms with Crippen molar-refractivity contribution in [1.29, 1.82) is 0 Å². The van der Waals surface area contributed by atoms with Gasteiger partial charge in [0.15, 0.2) is 6.61 Å². The number of amides is 2. The second-order valence-corrected chi connectivity index (χ2v) is 7.59. The van der Waals surface area contributed by atoms with Crippen LogP contribution in [0.5, 0.6) is 0 Å². The Morgan fingerprint density at radius 1 is 1.26 bits per heavy atom. The molecule has 0 saturated carbocycles. The number of ether oxygens (including phenoxy) is 1. The van der Waals surface area contributed by atoms with E-state index in [2.05, 4.69) is 5.32 Å². The Morgan fingerprint density at radius 2 is 2.07 bits per heavy atom. The van der Waals surface area contributed by atoms with Crippen LogP contribution in [-0.4, -0.2) is 36.2 Å². The lowest BCUT2D eigenvalue weighted by Crippen LogP contribution is -2.38. The van der Waals surface area contributed by atoms with Gasteiger partial charge in [0.1, 0.15) is 0 Å². The van der Waals surface area contributed by atoms with Gasteiger partial charge in [-0.05, 0) is 43.2 Å². The molecule has 138 valence electrons. The number of nitrogens with zero attached hydrogens (tertiary/aromatic N) is 1. The molecule has 6 nitrogen and oxygen atoms in total. The van der Waals surface area contributed by atoms with E-state index in [4.69, 9.17) is 4.74 Å². The van der Waals surface area contributed by atoms with E-state index in [0.717, 1.165) is 22.6 Å². The zero-order chi connectivity index (χ0) is 19.0. The van der Waals surface area contributed by atoms with Crippen LogP contribution in [0, 0.1) is 0 Å². The average molecular weight is 382 g/mol. The molecular weight excluding hydrogens is 364 g/mol. The lowest BCUT2D eigenvalue weighted by Gasteiger charge is -2.22. The second kappa shape index (κ2) is 7.08. The number of para-hydroxylation sites is 1. The van der Waals surface area contributed by atoms with E-state index in [1.807, 2.05) is 31.2 Å². The van der Waals surface area contributed by atoms with Gasteiger partial charge in [0.2, 0.25) is 5.91 Å². The molecule has 2 aliphatic rings. The third-order valence-electron chi connectivity index (χ3n) is 4.65. The molecule has 2 aliphatic heterocycles. The Hall–Kier alpha value is -2.80. The van der Waals surface area contributed by atoms with Gasteiger partial charge in [0.25, 0.3) is 5.91 Å². The Morgan fingerprint density at radius 3 is 2.93 bits per heavy atom. The van der Waals surface area contributed by atoms with Crippen molar-refractivity contribution in [2.75, 3.05) is 22.6 Å². The van der Waals surface area contributed by atoms with Crippen LogP contribution in [0.4, 0.5) is 11.4 Å². The zero-order valence-electron chi connectivity index (χ0n) is 14.7. The van der Waals surface area contributed by atoms with Crippen molar-refractivity contribution in [3.05, 3.63) is 53.6 Å². The van der Waals surface area contributed by atoms with E-state index >= 15 is 0 Å². The monoisotopic (exact) mass is 382 g/mol. The number of carbonyl (C=O) groups excluding carboxylic acids is 3. The highest BCUT2D eigenvalue weighted by atomic mass is 32.2. The van der Waals surface area contributed by atoms with Crippen LogP contribution in [0.3, 0.4) is 0 Å². The third kappa shape index (κ3) is 3.42. The molecule has 0 aromatic heterocycles. The van der Waals surface area contributed by atoms with Gasteiger partial charge in [-0.1, -0.05) is 18.2 Å². The number of hydrogen-bond donors (Lipinski definition) is 1. The summed E-state index contributed by atoms with van der Waals surface area (Å²) in [5.41, 5.74) is 2.89. The van der Waals surface area contributed by atoms with Crippen molar-refractivity contribution in [3.63, 3.8) is 0 Å². The lowest BCUT2D eigenvalue weighted by molar-refractivity contribution is -0.122. The number of carbonyl (C=O) groups is 3. The standard InChI is InChI=1S/C20H18N2O4S/c1-12-8-13-4-2-3-5-16(13)22(12)19(24)10-26-20(25)14-6-7-17-15(9-14)21-18(23)11-27-17/h2-7,9,12H,8,10-11H2,1H3,(H,21,23). The Kier molecular flexibility index (Phi) is 4.61. The van der Waals surface area contributed by atoms with Gasteiger partial charge in [-0.15, -0.1) is 11.8 Å². The number of esters is 1. The first-order valence-corrected chi connectivity index (χ1v) is 9.65. The highest BCUT2D eigenvalue weighted by Crippen LogP contribution is 2.33. The quantitative estimate of drug-likeness (QED) is 0.826. The number of rotatable bonds is 3. The molecule has 0 bridgehead atoms. The van der Waals surface area contributed by atoms with E-state index < -0.39 is 5.97 Å². The number of nitrogens with one attached hydrogen (secondary N) is 1. The van der Waals surface area contributed by atoms with Crippen molar-refractivity contribution >= 4 is 40.9 Å². The Balaban J connectivity index is 1.43. The molecule has 0 radical (unpaired) electrons. The smallest absolute Gasteiger partial charge is 0.338 e. The summed E-state index contributed by atoms with van der Waals surface area (Å²) < 4.78 is 5.23. The molecule has 2 amide bonds. The normalized spacial score (nSPS) is 17.7. The highest BCUT2D eigenvalue weighted by molar-refractivity contribution is 8.00. The average Bonchev–Trinajstić information content (AvgIpc) is 3.01. The number of fused-ring (bicyclic) bond motifs is 2. The topological polar surface area (TPSA) is 75.7 Å². The van der Waals surface area contributed by atoms with Gasteiger partial charge < -0.3 is 15.0 Å². The molecule has 1 unspecified atom stereocenters. The van der Waals surface area contributed by atoms with Crippen LogP contribution in [0.25, 0.3) is 0 Å². The van der Waals surface area contributed by atoms with Crippen LogP contribution >= 0.6 is 11.8 Å². The number of benzene rings is 2. The van der Waals surface area contributed by atoms with Crippen LogP contribution in [-0.2, 0) is 20.7 Å². The lowest BCUT2D eigenvalue weighted by atomic mass is 10.1. The maximum absolute atomic E-state index is 12.6. The first-order valence-electron chi connectivity index (χ1n) is 8.67. The summed E-state index contributed by atoms with van der Waals surface area (Å²) in [6, 6.07) is 12.8. The fourth-order valence-corrected chi connectivity index (χ4v) is 4.22. The fourth-order valence-electron chi connectivity index (χ4n) is 3.44. The minimum absolute atomic E-state index is 0.0320. The summed E-state index contributed by atoms with van der Waals surface area (Å²) in [6.07, 6.45) is 0.790. The van der Waals surface area contributed by atoms with Crippen molar-refractivity contribution in [2.45, 2.75) is 24.3 Å². The molecule has 0 saturated heterocycles. The maximum Gasteiger partial charge on any atom is 0.338 e. The largest absolute Gasteiger partial charge is 0.452 e. The van der Waals surface area contributed by atoms with Crippen molar-refractivity contribution in [2.24, 2.45) is 0 Å². The summed E-state index contributed by atoms with van der Waals surface area (Å²) in [4.78, 5) is 39.1. The number of anilines is 2. The van der Waals surface area contributed by atoms with Gasteiger partial charge in [-0.25, -0.2) is 4.79 Å². The minimum atomic E-state index is -0.587. The predicted octanol–water partition coefficient (Wildman–Crippen LogP) is 2.87. The Labute approximate surface area is 160 Å². The van der Waals surface area contributed by atoms with Crippen LogP contribution in [0.2, 0.25) is 0 Å². The maximum atomic E-state index is 12.6. The molecule has 2 aromatic carbocycles. The van der Waals surface area contributed by atoms with E-state index in [0.29, 0.717) is 17.0 Å². The molecule has 0 spiro atoms. The summed E-state index contributed by atoms with van der Waals surface area (Å²) >= 11 is 1.42. The molecule has 0 fully saturated rings. The molecule has 2 heterocycles. The third-order valence-corrected chi connectivity index (χ3v) is 5.72. The van der Waals surface area contributed by atoms with Crippen LogP contribution < -0.4 is 10.2 Å². The summed E-state index contributed by atoms with van der Waals surface area (Å²) in [7, 11) is 0. The SMILES string of the molecule is CC1Cc2ccccc2N1C(=O)COC(=O)c1ccc2c(c1)NC(=O)CS2. The number of thioether (sulfide) groups is 1. The van der Waals surface area contributed by atoms with Crippen molar-refractivity contribution in [1.82, 2.24) is 0 Å². The van der Waals surface area contributed by atoms with Crippen molar-refractivity contribution in [3.8, 4) is 0 Å². The van der Waals surface area contributed by atoms with E-state index in [1.165, 1.54) is 11.8 Å². The molecule has 1 N–H and O–H groups in total. The summed E-state index contributed by atoms with van der Waals surface area (Å²) in [5.74, 6) is -0.575. The van der Waals surface area contributed by atoms with Gasteiger partial charge in [-0.2, -0.15) is 0 Å².